The molecular formula is C90H71N. The van der Waals surface area contributed by atoms with E-state index in [9.17, 15) is 0 Å². The topological polar surface area (TPSA) is 3.24 Å². The Morgan fingerprint density at radius 2 is 0.780 bits per heavy atom. The van der Waals surface area contributed by atoms with E-state index in [0.29, 0.717) is 0 Å². The Morgan fingerprint density at radius 3 is 1.48 bits per heavy atom. The molecule has 91 heavy (non-hydrogen) atoms. The van der Waals surface area contributed by atoms with Gasteiger partial charge in [-0.2, -0.15) is 0 Å². The van der Waals surface area contributed by atoms with Crippen molar-refractivity contribution in [2.24, 2.45) is 0 Å². The van der Waals surface area contributed by atoms with Gasteiger partial charge in [0.15, 0.2) is 0 Å². The first-order chi connectivity index (χ1) is 43.9. The molecule has 0 fully saturated rings. The highest BCUT2D eigenvalue weighted by atomic mass is 15.1. The van der Waals surface area contributed by atoms with Gasteiger partial charge >= 0.3 is 0 Å². The van der Waals surface area contributed by atoms with Crippen LogP contribution in [0.3, 0.4) is 0 Å². The van der Waals surface area contributed by atoms with E-state index in [2.05, 4.69) is 299 Å². The van der Waals surface area contributed by atoms with Gasteiger partial charge in [0.1, 0.15) is 0 Å². The minimum atomic E-state index is -0.230. The minimum Gasteiger partial charge on any atom is -0.309 e. The third-order valence-electron chi connectivity index (χ3n) is 23.1. The van der Waals surface area contributed by atoms with Crippen LogP contribution in [0.5, 0.6) is 0 Å². The molecule has 0 unspecified atom stereocenters. The Morgan fingerprint density at radius 1 is 0.275 bits per heavy atom. The lowest BCUT2D eigenvalue weighted by Crippen LogP contribution is -2.18. The molecule has 0 bridgehead atoms. The van der Waals surface area contributed by atoms with Crippen molar-refractivity contribution in [2.75, 3.05) is 4.90 Å². The summed E-state index contributed by atoms with van der Waals surface area (Å²) in [5.41, 5.74) is 31.8. The Balaban J connectivity index is 0.709. The molecule has 4 aliphatic rings. The largest absolute Gasteiger partial charge is 0.309 e. The molecule has 0 spiro atoms. The zero-order chi connectivity index (χ0) is 61.7. The van der Waals surface area contributed by atoms with Gasteiger partial charge in [0.25, 0.3) is 0 Å². The Hall–Kier alpha value is -9.82. The van der Waals surface area contributed by atoms with Crippen LogP contribution < -0.4 is 4.90 Å². The Labute approximate surface area is 533 Å². The number of rotatable bonds is 5. The van der Waals surface area contributed by atoms with Gasteiger partial charge in [-0.1, -0.05) is 231 Å². The summed E-state index contributed by atoms with van der Waals surface area (Å²) in [6.45, 7) is 26.4. The van der Waals surface area contributed by atoms with Gasteiger partial charge in [0.2, 0.25) is 0 Å². The monoisotopic (exact) mass is 1170 g/mol. The molecule has 0 aromatic heterocycles. The second-order valence-electron chi connectivity index (χ2n) is 29.7. The molecule has 1 heteroatoms. The van der Waals surface area contributed by atoms with E-state index in [-0.39, 0.29) is 21.7 Å². The number of hydrogen-bond acceptors (Lipinski definition) is 1. The summed E-state index contributed by atoms with van der Waals surface area (Å²) in [6.07, 6.45) is 0.835. The summed E-state index contributed by atoms with van der Waals surface area (Å²) >= 11 is 0. The Kier molecular flexibility index (Phi) is 10.4. The van der Waals surface area contributed by atoms with E-state index in [4.69, 9.17) is 0 Å². The lowest BCUT2D eigenvalue weighted by atomic mass is 9.77. The SMILES string of the molecule is Cc1ccc(N(c2ccc(Cc3cc4ccc5cc6c(c7ccc(c3)c4c57)-c3cc4c(cc3C6(C)C)-c3c(c5ccc6ccccc6c5c5ccccc35)C4(C)C)cc2C)c2cc3c(c4ccccc24)-c2cc4c(cc2C3(C)C)-c2ccccc2C4(C)C)c(C)c1. The highest BCUT2D eigenvalue weighted by Gasteiger charge is 2.46. The van der Waals surface area contributed by atoms with Crippen LogP contribution in [0.1, 0.15) is 128 Å². The molecule has 0 N–H and O–H groups in total. The molecule has 0 saturated carbocycles. The normalized spacial score (nSPS) is 15.6. The highest BCUT2D eigenvalue weighted by molar-refractivity contribution is 6.28. The minimum absolute atomic E-state index is 0.0838. The van der Waals surface area contributed by atoms with E-state index in [1.807, 2.05) is 0 Å². The molecule has 436 valence electrons. The molecule has 0 aliphatic heterocycles. The number of fused-ring (bicyclic) bond motifs is 22. The first kappa shape index (κ1) is 53.1. The molecule has 0 heterocycles. The molecular weight excluding hydrogens is 1090 g/mol. The van der Waals surface area contributed by atoms with Crippen LogP contribution in [0, 0.1) is 20.8 Å². The van der Waals surface area contributed by atoms with E-state index in [1.54, 1.807) is 0 Å². The number of anilines is 3. The van der Waals surface area contributed by atoms with Crippen LogP contribution in [0.15, 0.2) is 218 Å². The smallest absolute Gasteiger partial charge is 0.0543 e. The van der Waals surface area contributed by atoms with Crippen molar-refractivity contribution >= 4 is 92.5 Å². The molecule has 0 amide bonds. The molecule has 19 rings (SSSR count). The molecule has 4 aliphatic carbocycles. The van der Waals surface area contributed by atoms with E-state index in [1.165, 1.54) is 209 Å². The average molecular weight is 1170 g/mol. The third-order valence-corrected chi connectivity index (χ3v) is 23.1. The second-order valence-corrected chi connectivity index (χ2v) is 29.7. The fourth-order valence-corrected chi connectivity index (χ4v) is 18.8. The second kappa shape index (κ2) is 17.8. The fourth-order valence-electron chi connectivity index (χ4n) is 18.8. The van der Waals surface area contributed by atoms with Gasteiger partial charge in [0.05, 0.1) is 5.69 Å². The van der Waals surface area contributed by atoms with Gasteiger partial charge in [-0.05, 0) is 257 Å². The maximum absolute atomic E-state index is 2.63. The summed E-state index contributed by atoms with van der Waals surface area (Å²) in [5, 5.41) is 18.7. The van der Waals surface area contributed by atoms with Crippen LogP contribution in [0.2, 0.25) is 0 Å². The fraction of sp³-hybridized carbons (Fsp3) is 0.178. The van der Waals surface area contributed by atoms with Crippen LogP contribution in [-0.4, -0.2) is 0 Å². The maximum Gasteiger partial charge on any atom is 0.0543 e. The van der Waals surface area contributed by atoms with Gasteiger partial charge in [-0.3, -0.25) is 0 Å². The van der Waals surface area contributed by atoms with Crippen LogP contribution in [0.25, 0.3) is 120 Å². The molecule has 0 atom stereocenters. The first-order valence-electron chi connectivity index (χ1n) is 33.0. The predicted octanol–water partition coefficient (Wildman–Crippen LogP) is 24.4. The van der Waals surface area contributed by atoms with E-state index in [0.717, 1.165) is 6.42 Å². The van der Waals surface area contributed by atoms with Gasteiger partial charge in [-0.25, -0.2) is 0 Å². The molecule has 0 saturated heterocycles. The van der Waals surface area contributed by atoms with Crippen molar-refractivity contribution in [3.63, 3.8) is 0 Å². The third kappa shape index (κ3) is 6.87. The zero-order valence-corrected chi connectivity index (χ0v) is 53.9. The summed E-state index contributed by atoms with van der Waals surface area (Å²) in [4.78, 5) is 2.58. The first-order valence-corrected chi connectivity index (χ1v) is 33.0. The van der Waals surface area contributed by atoms with Gasteiger partial charge in [0, 0.05) is 38.4 Å². The molecule has 15 aromatic carbocycles. The number of benzene rings is 15. The van der Waals surface area contributed by atoms with Crippen LogP contribution >= 0.6 is 0 Å². The Bertz CT molecular complexity index is 5820. The van der Waals surface area contributed by atoms with Crippen molar-refractivity contribution in [1.82, 2.24) is 0 Å². The lowest BCUT2D eigenvalue weighted by molar-refractivity contribution is 0.652. The summed E-state index contributed by atoms with van der Waals surface area (Å²) in [6, 6.07) is 85.5. The quantitative estimate of drug-likeness (QED) is 0.155. The molecule has 1 nitrogen and oxygen atoms in total. The van der Waals surface area contributed by atoms with Crippen molar-refractivity contribution in [3.05, 3.63) is 291 Å². The highest BCUT2D eigenvalue weighted by Crippen LogP contribution is 2.63. The van der Waals surface area contributed by atoms with Gasteiger partial charge in [-0.15, -0.1) is 0 Å². The van der Waals surface area contributed by atoms with Crippen molar-refractivity contribution in [2.45, 2.75) is 104 Å². The maximum atomic E-state index is 2.63. The van der Waals surface area contributed by atoms with Crippen LogP contribution in [-0.2, 0) is 28.1 Å². The summed E-state index contributed by atoms with van der Waals surface area (Å²) in [7, 11) is 0. The number of hydrogen-bond donors (Lipinski definition) is 0. The zero-order valence-electron chi connectivity index (χ0n) is 53.9. The average Bonchev–Trinajstić information content (AvgIpc) is 1.56. The van der Waals surface area contributed by atoms with E-state index < -0.39 is 0 Å². The number of nitrogens with zero attached hydrogens (tertiary/aromatic N) is 1. The van der Waals surface area contributed by atoms with Gasteiger partial charge < -0.3 is 4.90 Å². The standard InChI is InChI=1S/C90H71N/c1-49-28-36-77(50(2)38-49)91(79-48-76-83(61-24-15-14-23-60(61)79)67-45-71-66(44-72(67)89(76,8)9)59-22-18-19-27-70(59)87(71,4)5)78-37-29-52(39-51(78)3)40-53-41-55-30-31-57-43-75-84(64-34-33-56(42-53)80(55)81(57)64)68-46-74-69(47-73(68)88(75,6)7)85-63-26-17-16-25-62(63)82-58-21-13-12-20-54(58)32-35-65(82)86(85)90(74,10)11/h12-39,41-48H,40H2,1-11H3. The van der Waals surface area contributed by atoms with Crippen molar-refractivity contribution < 1.29 is 0 Å². The summed E-state index contributed by atoms with van der Waals surface area (Å²) in [5.74, 6) is 0. The van der Waals surface area contributed by atoms with Crippen molar-refractivity contribution in [1.29, 1.82) is 0 Å². The van der Waals surface area contributed by atoms with Crippen LogP contribution in [0.4, 0.5) is 17.1 Å². The predicted molar refractivity (Wildman–Crippen MR) is 389 cm³/mol. The molecule has 0 radical (unpaired) electrons. The summed E-state index contributed by atoms with van der Waals surface area (Å²) < 4.78 is 0. The number of aryl methyl sites for hydroxylation is 3. The lowest BCUT2D eigenvalue weighted by Gasteiger charge is -2.32. The van der Waals surface area contributed by atoms with Crippen molar-refractivity contribution in [3.8, 4) is 44.5 Å². The van der Waals surface area contributed by atoms with E-state index >= 15 is 0 Å². The molecule has 15 aromatic rings.